The molecule has 1 saturated carbocycles. The summed E-state index contributed by atoms with van der Waals surface area (Å²) in [5.74, 6) is -0.0443. The molecule has 0 spiro atoms. The van der Waals surface area contributed by atoms with Crippen LogP contribution in [-0.2, 0) is 16.0 Å². The maximum Gasteiger partial charge on any atom is 0.252 e. The molecule has 4 rings (SSSR count). The standard InChI is InChI=1S/C34H40ClN3O3/c1-4-9-23-14-19-29(30(20-23)25-15-17-27(35)18-16-25)33(40)36-28-13-8-12-26(22-28)32(39)37-31(34(41)38(2)3)21-24-10-6-5-7-11-24/h5-8,10-13,15-18,22-23,29-31H,4,9,14,19-21H2,1-3H3,(H,36,40)(H,37,39)/t23?,29-,30+,31-/m0/s1. The van der Waals surface area contributed by atoms with Crippen molar-refractivity contribution in [1.29, 1.82) is 0 Å². The Bertz CT molecular complexity index is 1330. The second-order valence-electron chi connectivity index (χ2n) is 11.3. The van der Waals surface area contributed by atoms with Gasteiger partial charge in [0.2, 0.25) is 11.8 Å². The van der Waals surface area contributed by atoms with E-state index in [1.54, 1.807) is 38.4 Å². The molecule has 3 aromatic rings. The number of nitrogens with zero attached hydrogens (tertiary/aromatic N) is 1. The number of anilines is 1. The first-order valence-electron chi connectivity index (χ1n) is 14.5. The van der Waals surface area contributed by atoms with Crippen molar-refractivity contribution in [3.63, 3.8) is 0 Å². The SMILES string of the molecule is CCCC1CC[C@H](C(=O)Nc2cccc(C(=O)N[C@@H](Cc3ccccc3)C(=O)N(C)C)c2)[C@@H](c2ccc(Cl)cc2)C1. The van der Waals surface area contributed by atoms with E-state index in [1.165, 1.54) is 4.90 Å². The molecular formula is C34H40ClN3O3. The number of carbonyl (C=O) groups excluding carboxylic acids is 3. The molecule has 1 fully saturated rings. The Morgan fingerprint density at radius 2 is 1.68 bits per heavy atom. The third-order valence-electron chi connectivity index (χ3n) is 8.01. The molecule has 0 saturated heterocycles. The summed E-state index contributed by atoms with van der Waals surface area (Å²) < 4.78 is 0. The van der Waals surface area contributed by atoms with Crippen LogP contribution in [-0.4, -0.2) is 42.8 Å². The van der Waals surface area contributed by atoms with Gasteiger partial charge in [-0.05, 0) is 72.6 Å². The zero-order valence-electron chi connectivity index (χ0n) is 24.1. The summed E-state index contributed by atoms with van der Waals surface area (Å²) in [5.41, 5.74) is 3.04. The first-order chi connectivity index (χ1) is 19.7. The van der Waals surface area contributed by atoms with Crippen molar-refractivity contribution in [2.75, 3.05) is 19.4 Å². The predicted octanol–water partition coefficient (Wildman–Crippen LogP) is 6.71. The molecule has 7 heteroatoms. The summed E-state index contributed by atoms with van der Waals surface area (Å²) in [6.07, 6.45) is 5.50. The van der Waals surface area contributed by atoms with Gasteiger partial charge in [-0.2, -0.15) is 0 Å². The Labute approximate surface area is 248 Å². The minimum atomic E-state index is -0.711. The Morgan fingerprint density at radius 1 is 0.951 bits per heavy atom. The lowest BCUT2D eigenvalue weighted by Crippen LogP contribution is -2.47. The minimum Gasteiger partial charge on any atom is -0.347 e. The number of halogens is 1. The topological polar surface area (TPSA) is 78.5 Å². The number of carbonyl (C=O) groups is 3. The van der Waals surface area contributed by atoms with Gasteiger partial charge < -0.3 is 15.5 Å². The van der Waals surface area contributed by atoms with Crippen LogP contribution in [0.25, 0.3) is 0 Å². The molecule has 41 heavy (non-hydrogen) atoms. The van der Waals surface area contributed by atoms with Gasteiger partial charge in [-0.3, -0.25) is 14.4 Å². The van der Waals surface area contributed by atoms with Gasteiger partial charge in [-0.25, -0.2) is 0 Å². The molecule has 1 unspecified atom stereocenters. The Balaban J connectivity index is 1.48. The lowest BCUT2D eigenvalue weighted by Gasteiger charge is -2.36. The Morgan fingerprint density at radius 3 is 2.37 bits per heavy atom. The van der Waals surface area contributed by atoms with Crippen LogP contribution in [0, 0.1) is 11.8 Å². The lowest BCUT2D eigenvalue weighted by atomic mass is 9.69. The van der Waals surface area contributed by atoms with E-state index in [0.717, 1.165) is 43.2 Å². The molecule has 0 aromatic heterocycles. The molecular weight excluding hydrogens is 534 g/mol. The molecule has 3 aromatic carbocycles. The summed E-state index contributed by atoms with van der Waals surface area (Å²) in [7, 11) is 3.35. The second kappa shape index (κ2) is 14.3. The molecule has 1 aliphatic carbocycles. The maximum atomic E-state index is 13.6. The van der Waals surface area contributed by atoms with Crippen molar-refractivity contribution in [3.8, 4) is 0 Å². The van der Waals surface area contributed by atoms with Crippen LogP contribution in [0.4, 0.5) is 5.69 Å². The highest BCUT2D eigenvalue weighted by Gasteiger charge is 2.36. The van der Waals surface area contributed by atoms with Crippen LogP contribution >= 0.6 is 11.6 Å². The molecule has 4 atom stereocenters. The summed E-state index contributed by atoms with van der Waals surface area (Å²) in [5, 5.41) is 6.67. The average molecular weight is 574 g/mol. The molecule has 216 valence electrons. The van der Waals surface area contributed by atoms with Crippen LogP contribution in [0.1, 0.15) is 66.4 Å². The third kappa shape index (κ3) is 8.20. The highest BCUT2D eigenvalue weighted by molar-refractivity contribution is 6.30. The summed E-state index contributed by atoms with van der Waals surface area (Å²) in [6.45, 7) is 2.21. The smallest absolute Gasteiger partial charge is 0.252 e. The fourth-order valence-electron chi connectivity index (χ4n) is 5.90. The van der Waals surface area contributed by atoms with Gasteiger partial charge in [0.25, 0.3) is 5.91 Å². The molecule has 0 radical (unpaired) electrons. The Hall–Kier alpha value is -3.64. The number of nitrogens with one attached hydrogen (secondary N) is 2. The first kappa shape index (κ1) is 30.3. The highest BCUT2D eigenvalue weighted by Crippen LogP contribution is 2.43. The zero-order valence-corrected chi connectivity index (χ0v) is 24.9. The Kier molecular flexibility index (Phi) is 10.6. The number of hydrogen-bond acceptors (Lipinski definition) is 3. The molecule has 2 N–H and O–H groups in total. The average Bonchev–Trinajstić information content (AvgIpc) is 2.97. The van der Waals surface area contributed by atoms with E-state index in [9.17, 15) is 14.4 Å². The molecule has 6 nitrogen and oxygen atoms in total. The number of likely N-dealkylation sites (N-methyl/N-ethyl adjacent to an activating group) is 1. The van der Waals surface area contributed by atoms with Crippen LogP contribution in [0.3, 0.4) is 0 Å². The molecule has 3 amide bonds. The van der Waals surface area contributed by atoms with Crippen LogP contribution < -0.4 is 10.6 Å². The van der Waals surface area contributed by atoms with E-state index in [2.05, 4.69) is 17.6 Å². The van der Waals surface area contributed by atoms with E-state index in [4.69, 9.17) is 11.6 Å². The van der Waals surface area contributed by atoms with Crippen molar-refractivity contribution in [1.82, 2.24) is 10.2 Å². The predicted molar refractivity (Wildman–Crippen MR) is 165 cm³/mol. The van der Waals surface area contributed by atoms with Gasteiger partial charge in [0.05, 0.1) is 0 Å². The second-order valence-corrected chi connectivity index (χ2v) is 11.7. The first-order valence-corrected chi connectivity index (χ1v) is 14.8. The normalized spacial score (nSPS) is 19.2. The summed E-state index contributed by atoms with van der Waals surface area (Å²) in [4.78, 5) is 41.3. The summed E-state index contributed by atoms with van der Waals surface area (Å²) >= 11 is 6.15. The van der Waals surface area contributed by atoms with Crippen LogP contribution in [0.2, 0.25) is 5.02 Å². The van der Waals surface area contributed by atoms with Gasteiger partial charge in [0, 0.05) is 42.7 Å². The molecule has 0 heterocycles. The van der Waals surface area contributed by atoms with E-state index < -0.39 is 6.04 Å². The van der Waals surface area contributed by atoms with E-state index in [0.29, 0.717) is 28.6 Å². The van der Waals surface area contributed by atoms with Crippen molar-refractivity contribution < 1.29 is 14.4 Å². The van der Waals surface area contributed by atoms with Gasteiger partial charge in [-0.15, -0.1) is 0 Å². The lowest BCUT2D eigenvalue weighted by molar-refractivity contribution is -0.130. The molecule has 0 aliphatic heterocycles. The van der Waals surface area contributed by atoms with Crippen molar-refractivity contribution in [3.05, 3.63) is 101 Å². The highest BCUT2D eigenvalue weighted by atomic mass is 35.5. The van der Waals surface area contributed by atoms with Gasteiger partial charge >= 0.3 is 0 Å². The minimum absolute atomic E-state index is 0.0396. The van der Waals surface area contributed by atoms with Crippen LogP contribution in [0.15, 0.2) is 78.9 Å². The number of benzene rings is 3. The van der Waals surface area contributed by atoms with E-state index in [1.807, 2.05) is 54.6 Å². The quantitative estimate of drug-likeness (QED) is 0.283. The van der Waals surface area contributed by atoms with Gasteiger partial charge in [0.1, 0.15) is 6.04 Å². The monoisotopic (exact) mass is 573 g/mol. The van der Waals surface area contributed by atoms with E-state index >= 15 is 0 Å². The number of hydrogen-bond donors (Lipinski definition) is 2. The van der Waals surface area contributed by atoms with Crippen molar-refractivity contribution >= 4 is 35.0 Å². The van der Waals surface area contributed by atoms with Crippen LogP contribution in [0.5, 0.6) is 0 Å². The summed E-state index contributed by atoms with van der Waals surface area (Å²) in [6, 6.07) is 23.7. The fourth-order valence-corrected chi connectivity index (χ4v) is 6.02. The van der Waals surface area contributed by atoms with Crippen molar-refractivity contribution in [2.45, 2.75) is 57.4 Å². The van der Waals surface area contributed by atoms with Crippen molar-refractivity contribution in [2.24, 2.45) is 11.8 Å². The zero-order chi connectivity index (χ0) is 29.4. The largest absolute Gasteiger partial charge is 0.347 e. The van der Waals surface area contributed by atoms with E-state index in [-0.39, 0.29) is 29.6 Å². The van der Waals surface area contributed by atoms with Gasteiger partial charge in [0.15, 0.2) is 0 Å². The number of amides is 3. The number of rotatable bonds is 10. The third-order valence-corrected chi connectivity index (χ3v) is 8.26. The molecule has 0 bridgehead atoms. The maximum absolute atomic E-state index is 13.6. The fraction of sp³-hybridized carbons (Fsp3) is 0.382. The molecule has 1 aliphatic rings. The van der Waals surface area contributed by atoms with Gasteiger partial charge in [-0.1, -0.05) is 79.9 Å².